The van der Waals surface area contributed by atoms with Gasteiger partial charge < -0.3 is 10.6 Å². The number of nitrogens with zero attached hydrogens (tertiary/aromatic N) is 3. The minimum Gasteiger partial charge on any atom is -0.377 e. The first kappa shape index (κ1) is 16.3. The van der Waals surface area contributed by atoms with Crippen LogP contribution in [-0.2, 0) is 11.2 Å². The lowest BCUT2D eigenvalue weighted by molar-refractivity contribution is -0.116. The SMILES string of the molecule is C[C@@H](Nc1ccc2c(c1)CCCC(=O)N2)c1cn(-c2ccccc2)nn1. The van der Waals surface area contributed by atoms with Crippen LogP contribution in [0, 0.1) is 0 Å². The first-order valence-electron chi connectivity index (χ1n) is 8.86. The quantitative estimate of drug-likeness (QED) is 0.754. The van der Waals surface area contributed by atoms with E-state index in [-0.39, 0.29) is 11.9 Å². The number of carbonyl (C=O) groups excluding carboxylic acids is 1. The molecule has 2 N–H and O–H groups in total. The fourth-order valence-corrected chi connectivity index (χ4v) is 3.17. The topological polar surface area (TPSA) is 71.8 Å². The van der Waals surface area contributed by atoms with Crippen LogP contribution in [0.1, 0.15) is 37.1 Å². The van der Waals surface area contributed by atoms with Gasteiger partial charge in [0.15, 0.2) is 0 Å². The van der Waals surface area contributed by atoms with Gasteiger partial charge in [0.25, 0.3) is 0 Å². The molecular formula is C20H21N5O. The molecule has 0 saturated carbocycles. The Hall–Kier alpha value is -3.15. The van der Waals surface area contributed by atoms with Crippen LogP contribution in [0.2, 0.25) is 0 Å². The molecule has 0 aliphatic carbocycles. The lowest BCUT2D eigenvalue weighted by Crippen LogP contribution is -2.10. The Labute approximate surface area is 152 Å². The van der Waals surface area contributed by atoms with E-state index in [4.69, 9.17) is 0 Å². The maximum absolute atomic E-state index is 11.7. The Kier molecular flexibility index (Phi) is 4.39. The van der Waals surface area contributed by atoms with Crippen molar-refractivity contribution >= 4 is 17.3 Å². The van der Waals surface area contributed by atoms with Gasteiger partial charge in [-0.1, -0.05) is 23.4 Å². The van der Waals surface area contributed by atoms with Crippen LogP contribution in [0.25, 0.3) is 5.69 Å². The second-order valence-electron chi connectivity index (χ2n) is 6.56. The summed E-state index contributed by atoms with van der Waals surface area (Å²) < 4.78 is 1.78. The number of hydrogen-bond acceptors (Lipinski definition) is 4. The maximum atomic E-state index is 11.7. The summed E-state index contributed by atoms with van der Waals surface area (Å²) >= 11 is 0. The summed E-state index contributed by atoms with van der Waals surface area (Å²) in [5.41, 5.74) is 4.96. The van der Waals surface area contributed by atoms with E-state index in [1.807, 2.05) is 48.7 Å². The van der Waals surface area contributed by atoms with Crippen molar-refractivity contribution in [3.05, 3.63) is 66.0 Å². The molecule has 0 fully saturated rings. The van der Waals surface area contributed by atoms with Gasteiger partial charge >= 0.3 is 0 Å². The highest BCUT2D eigenvalue weighted by molar-refractivity contribution is 5.92. The van der Waals surface area contributed by atoms with Crippen LogP contribution in [0.15, 0.2) is 54.7 Å². The fourth-order valence-electron chi connectivity index (χ4n) is 3.17. The lowest BCUT2D eigenvalue weighted by Gasteiger charge is -2.15. The van der Waals surface area contributed by atoms with Crippen molar-refractivity contribution in [1.82, 2.24) is 15.0 Å². The monoisotopic (exact) mass is 347 g/mol. The van der Waals surface area contributed by atoms with Gasteiger partial charge in [-0.2, -0.15) is 0 Å². The molecule has 0 saturated heterocycles. The molecule has 26 heavy (non-hydrogen) atoms. The van der Waals surface area contributed by atoms with Crippen molar-refractivity contribution in [3.8, 4) is 5.69 Å². The van der Waals surface area contributed by atoms with Gasteiger partial charge in [0.05, 0.1) is 17.9 Å². The summed E-state index contributed by atoms with van der Waals surface area (Å²) in [5, 5.41) is 15.0. The molecular weight excluding hydrogens is 326 g/mol. The molecule has 3 aromatic rings. The largest absolute Gasteiger partial charge is 0.377 e. The van der Waals surface area contributed by atoms with E-state index in [1.165, 1.54) is 5.56 Å². The zero-order chi connectivity index (χ0) is 17.9. The number of para-hydroxylation sites is 1. The van der Waals surface area contributed by atoms with E-state index < -0.39 is 0 Å². The van der Waals surface area contributed by atoms with E-state index in [1.54, 1.807) is 4.68 Å². The number of carbonyl (C=O) groups is 1. The minimum absolute atomic E-state index is 0.0193. The Morgan fingerprint density at radius 3 is 2.85 bits per heavy atom. The summed E-state index contributed by atoms with van der Waals surface area (Å²) in [6, 6.07) is 16.0. The van der Waals surface area contributed by atoms with Crippen molar-refractivity contribution in [1.29, 1.82) is 0 Å². The Morgan fingerprint density at radius 1 is 1.15 bits per heavy atom. The predicted octanol–water partition coefficient (Wildman–Crippen LogP) is 3.72. The van der Waals surface area contributed by atoms with Crippen LogP contribution in [0.4, 0.5) is 11.4 Å². The maximum Gasteiger partial charge on any atom is 0.224 e. The summed E-state index contributed by atoms with van der Waals surface area (Å²) in [6.07, 6.45) is 4.30. The molecule has 2 aromatic carbocycles. The second kappa shape index (κ2) is 7.00. The fraction of sp³-hybridized carbons (Fsp3) is 0.250. The van der Waals surface area contributed by atoms with E-state index in [0.29, 0.717) is 6.42 Å². The zero-order valence-corrected chi connectivity index (χ0v) is 14.6. The number of fused-ring (bicyclic) bond motifs is 1. The zero-order valence-electron chi connectivity index (χ0n) is 14.6. The molecule has 1 atom stereocenters. The van der Waals surface area contributed by atoms with Crippen LogP contribution >= 0.6 is 0 Å². The number of hydrogen-bond donors (Lipinski definition) is 2. The average molecular weight is 347 g/mol. The predicted molar refractivity (Wildman–Crippen MR) is 101 cm³/mol. The summed E-state index contributed by atoms with van der Waals surface area (Å²) in [7, 11) is 0. The van der Waals surface area contributed by atoms with Crippen molar-refractivity contribution in [2.75, 3.05) is 10.6 Å². The van der Waals surface area contributed by atoms with Crippen molar-refractivity contribution in [2.45, 2.75) is 32.2 Å². The van der Waals surface area contributed by atoms with Gasteiger partial charge in [-0.05, 0) is 55.7 Å². The van der Waals surface area contributed by atoms with Gasteiger partial charge in [0, 0.05) is 17.8 Å². The van der Waals surface area contributed by atoms with Crippen LogP contribution in [0.5, 0.6) is 0 Å². The number of amides is 1. The Bertz CT molecular complexity index is 919. The van der Waals surface area contributed by atoms with Crippen LogP contribution in [-0.4, -0.2) is 20.9 Å². The van der Waals surface area contributed by atoms with Gasteiger partial charge in [-0.15, -0.1) is 5.10 Å². The third-order valence-corrected chi connectivity index (χ3v) is 4.59. The van der Waals surface area contributed by atoms with E-state index in [9.17, 15) is 4.79 Å². The van der Waals surface area contributed by atoms with Crippen molar-refractivity contribution < 1.29 is 4.79 Å². The average Bonchev–Trinajstić information content (AvgIpc) is 3.07. The van der Waals surface area contributed by atoms with E-state index >= 15 is 0 Å². The molecule has 2 heterocycles. The van der Waals surface area contributed by atoms with E-state index in [0.717, 1.165) is 35.6 Å². The van der Waals surface area contributed by atoms with Gasteiger partial charge in [-0.3, -0.25) is 4.79 Å². The van der Waals surface area contributed by atoms with Gasteiger partial charge in [0.1, 0.15) is 5.69 Å². The number of nitrogens with one attached hydrogen (secondary N) is 2. The molecule has 6 heteroatoms. The van der Waals surface area contributed by atoms with Crippen molar-refractivity contribution in [2.24, 2.45) is 0 Å². The molecule has 0 unspecified atom stereocenters. The number of rotatable bonds is 4. The molecule has 1 aromatic heterocycles. The normalized spacial score (nSPS) is 14.9. The molecule has 1 amide bonds. The summed E-state index contributed by atoms with van der Waals surface area (Å²) in [5.74, 6) is 0.0929. The molecule has 0 radical (unpaired) electrons. The Morgan fingerprint density at radius 2 is 2.00 bits per heavy atom. The highest BCUT2D eigenvalue weighted by atomic mass is 16.1. The standard InChI is InChI=1S/C20H21N5O/c1-14(19-13-25(24-23-19)17-7-3-2-4-8-17)21-16-10-11-18-15(12-16)6-5-9-20(26)22-18/h2-4,7-8,10-14,21H,5-6,9H2,1H3,(H,22,26)/t14-/m1/s1. The summed E-state index contributed by atoms with van der Waals surface area (Å²) in [4.78, 5) is 11.7. The first-order chi connectivity index (χ1) is 12.7. The van der Waals surface area contributed by atoms with Gasteiger partial charge in [0.2, 0.25) is 5.91 Å². The smallest absolute Gasteiger partial charge is 0.224 e. The number of aryl methyl sites for hydroxylation is 1. The van der Waals surface area contributed by atoms with Crippen LogP contribution < -0.4 is 10.6 Å². The highest BCUT2D eigenvalue weighted by Crippen LogP contribution is 2.27. The molecule has 4 rings (SSSR count). The van der Waals surface area contributed by atoms with E-state index in [2.05, 4.69) is 33.9 Å². The molecule has 132 valence electrons. The molecule has 6 nitrogen and oxygen atoms in total. The number of aromatic nitrogens is 3. The highest BCUT2D eigenvalue weighted by Gasteiger charge is 2.15. The molecule has 0 bridgehead atoms. The first-order valence-corrected chi connectivity index (χ1v) is 8.86. The number of benzene rings is 2. The second-order valence-corrected chi connectivity index (χ2v) is 6.56. The molecule has 1 aliphatic rings. The third kappa shape index (κ3) is 3.44. The lowest BCUT2D eigenvalue weighted by atomic mass is 10.1. The minimum atomic E-state index is 0.0193. The third-order valence-electron chi connectivity index (χ3n) is 4.59. The van der Waals surface area contributed by atoms with Crippen LogP contribution in [0.3, 0.4) is 0 Å². The Balaban J connectivity index is 1.50. The van der Waals surface area contributed by atoms with Gasteiger partial charge in [-0.25, -0.2) is 4.68 Å². The molecule has 1 aliphatic heterocycles. The number of anilines is 2. The molecule has 0 spiro atoms. The van der Waals surface area contributed by atoms with Crippen molar-refractivity contribution in [3.63, 3.8) is 0 Å². The summed E-state index contributed by atoms with van der Waals surface area (Å²) in [6.45, 7) is 2.06.